The number of piperidine rings is 1. The van der Waals surface area contributed by atoms with Crippen molar-refractivity contribution in [1.82, 2.24) is 15.5 Å². The zero-order valence-corrected chi connectivity index (χ0v) is 20.7. The fraction of sp³-hybridized carbons (Fsp3) is 0.682. The molecule has 30 heavy (non-hydrogen) atoms. The molecule has 172 valence electrons. The van der Waals surface area contributed by atoms with Crippen LogP contribution in [-0.2, 0) is 6.42 Å². The Morgan fingerprint density at radius 2 is 1.87 bits per heavy atom. The molecule has 1 fully saturated rings. The Hall–Kier alpha value is -1.16. The second kappa shape index (κ2) is 14.8. The number of guanidine groups is 1. The van der Waals surface area contributed by atoms with Gasteiger partial charge in [-0.1, -0.05) is 26.0 Å². The van der Waals surface area contributed by atoms with E-state index < -0.39 is 6.43 Å². The van der Waals surface area contributed by atoms with E-state index in [2.05, 4.69) is 41.6 Å². The van der Waals surface area contributed by atoms with Crippen LogP contribution in [-0.4, -0.2) is 62.7 Å². The molecule has 0 bridgehead atoms. The number of hydrogen-bond donors (Lipinski definition) is 2. The van der Waals surface area contributed by atoms with Crippen LogP contribution in [0.5, 0.6) is 5.75 Å². The van der Waals surface area contributed by atoms with E-state index in [0.717, 1.165) is 44.1 Å². The number of alkyl halides is 2. The van der Waals surface area contributed by atoms with Crippen molar-refractivity contribution >= 4 is 29.9 Å². The first-order chi connectivity index (χ1) is 14.0. The summed E-state index contributed by atoms with van der Waals surface area (Å²) in [6.07, 6.45) is 0.312. The highest BCUT2D eigenvalue weighted by atomic mass is 127. The highest BCUT2D eigenvalue weighted by molar-refractivity contribution is 14.0. The van der Waals surface area contributed by atoms with E-state index in [4.69, 9.17) is 4.74 Å². The molecule has 1 aliphatic rings. The van der Waals surface area contributed by atoms with Crippen LogP contribution in [0.1, 0.15) is 39.2 Å². The van der Waals surface area contributed by atoms with Crippen molar-refractivity contribution in [1.29, 1.82) is 0 Å². The molecule has 0 aromatic heterocycles. The molecule has 1 heterocycles. The molecule has 2 rings (SSSR count). The van der Waals surface area contributed by atoms with Crippen molar-refractivity contribution in [2.45, 2.75) is 52.5 Å². The number of halogens is 3. The van der Waals surface area contributed by atoms with Gasteiger partial charge in [-0.05, 0) is 49.8 Å². The van der Waals surface area contributed by atoms with E-state index in [9.17, 15) is 8.78 Å². The summed E-state index contributed by atoms with van der Waals surface area (Å²) in [6, 6.07) is 8.48. The molecule has 0 amide bonds. The number of nitrogens with zero attached hydrogens (tertiary/aromatic N) is 2. The number of ether oxygens (including phenoxy) is 1. The second-order valence-corrected chi connectivity index (χ2v) is 7.97. The third-order valence-corrected chi connectivity index (χ3v) is 4.85. The molecule has 1 aliphatic heterocycles. The summed E-state index contributed by atoms with van der Waals surface area (Å²) < 4.78 is 30.7. The molecule has 5 nitrogen and oxygen atoms in total. The molecular formula is C22H37F2IN4O. The van der Waals surface area contributed by atoms with Crippen LogP contribution in [0, 0.1) is 5.92 Å². The highest BCUT2D eigenvalue weighted by Crippen LogP contribution is 2.14. The summed E-state index contributed by atoms with van der Waals surface area (Å²) in [5.74, 6) is 2.22. The number of benzene rings is 1. The van der Waals surface area contributed by atoms with E-state index in [1.807, 2.05) is 24.0 Å². The summed E-state index contributed by atoms with van der Waals surface area (Å²) in [7, 11) is 0. The Labute approximate surface area is 197 Å². The average Bonchev–Trinajstić information content (AvgIpc) is 2.68. The predicted octanol–water partition coefficient (Wildman–Crippen LogP) is 4.17. The van der Waals surface area contributed by atoms with E-state index in [1.165, 1.54) is 5.56 Å². The molecule has 0 aliphatic carbocycles. The fourth-order valence-electron chi connectivity index (χ4n) is 3.28. The maximum atomic E-state index is 12.5. The second-order valence-electron chi connectivity index (χ2n) is 7.97. The third-order valence-electron chi connectivity index (χ3n) is 4.85. The third kappa shape index (κ3) is 10.7. The van der Waals surface area contributed by atoms with Gasteiger partial charge in [-0.3, -0.25) is 9.89 Å². The molecule has 0 spiro atoms. The first-order valence-corrected chi connectivity index (χ1v) is 10.7. The smallest absolute Gasteiger partial charge is 0.251 e. The molecule has 0 unspecified atom stereocenters. The largest absolute Gasteiger partial charge is 0.493 e. The molecular weight excluding hydrogens is 501 g/mol. The quantitative estimate of drug-likeness (QED) is 0.267. The Kier molecular flexibility index (Phi) is 13.2. The van der Waals surface area contributed by atoms with Crippen molar-refractivity contribution in [2.75, 3.05) is 39.3 Å². The van der Waals surface area contributed by atoms with Gasteiger partial charge in [0.05, 0.1) is 13.2 Å². The summed E-state index contributed by atoms with van der Waals surface area (Å²) >= 11 is 0. The highest BCUT2D eigenvalue weighted by Gasteiger charge is 2.21. The van der Waals surface area contributed by atoms with E-state index in [0.29, 0.717) is 25.6 Å². The lowest BCUT2D eigenvalue weighted by Gasteiger charge is -2.32. The average molecular weight is 538 g/mol. The topological polar surface area (TPSA) is 48.9 Å². The Balaban J connectivity index is 0.00000450. The normalized spacial score (nSPS) is 15.9. The lowest BCUT2D eigenvalue weighted by molar-refractivity contribution is 0.0744. The minimum atomic E-state index is -2.26. The summed E-state index contributed by atoms with van der Waals surface area (Å²) in [4.78, 5) is 6.52. The van der Waals surface area contributed by atoms with Gasteiger partial charge in [0, 0.05) is 32.2 Å². The maximum absolute atomic E-state index is 12.5. The summed E-state index contributed by atoms with van der Waals surface area (Å²) in [6.45, 7) is 9.79. The SMILES string of the molecule is CCNC(=NCCc1ccc(OCC(C)C)cc1)NC1CCN(CC(F)F)CC1.I. The van der Waals surface area contributed by atoms with Crippen LogP contribution in [0.25, 0.3) is 0 Å². The van der Waals surface area contributed by atoms with Crippen molar-refractivity contribution < 1.29 is 13.5 Å². The van der Waals surface area contributed by atoms with Crippen LogP contribution < -0.4 is 15.4 Å². The van der Waals surface area contributed by atoms with Gasteiger partial charge in [0.15, 0.2) is 5.96 Å². The van der Waals surface area contributed by atoms with Crippen molar-refractivity contribution in [2.24, 2.45) is 10.9 Å². The number of likely N-dealkylation sites (tertiary alicyclic amines) is 1. The van der Waals surface area contributed by atoms with Crippen molar-refractivity contribution in [3.63, 3.8) is 0 Å². The van der Waals surface area contributed by atoms with Gasteiger partial charge in [0.1, 0.15) is 5.75 Å². The van der Waals surface area contributed by atoms with Crippen LogP contribution in [0.15, 0.2) is 29.3 Å². The lowest BCUT2D eigenvalue weighted by Crippen LogP contribution is -2.49. The number of nitrogens with one attached hydrogen (secondary N) is 2. The minimum Gasteiger partial charge on any atom is -0.493 e. The van der Waals surface area contributed by atoms with Gasteiger partial charge in [-0.25, -0.2) is 8.78 Å². The molecule has 1 saturated heterocycles. The number of rotatable bonds is 10. The zero-order valence-electron chi connectivity index (χ0n) is 18.4. The van der Waals surface area contributed by atoms with Crippen LogP contribution in [0.3, 0.4) is 0 Å². The molecule has 0 saturated carbocycles. The Morgan fingerprint density at radius 3 is 2.43 bits per heavy atom. The molecule has 0 atom stereocenters. The summed E-state index contributed by atoms with van der Waals surface area (Å²) in [5, 5.41) is 6.74. The maximum Gasteiger partial charge on any atom is 0.251 e. The standard InChI is InChI=1S/C22H36F2N4O.HI/c1-4-25-22(27-19-10-13-28(14-11-19)15-21(23)24)26-12-9-18-5-7-20(8-6-18)29-16-17(2)3;/h5-8,17,19,21H,4,9-16H2,1-3H3,(H2,25,26,27);1H. The van der Waals surface area contributed by atoms with Gasteiger partial charge in [0.25, 0.3) is 6.43 Å². The molecule has 1 aromatic carbocycles. The van der Waals surface area contributed by atoms with Crippen molar-refractivity contribution in [3.05, 3.63) is 29.8 Å². The number of hydrogen-bond acceptors (Lipinski definition) is 3. The summed E-state index contributed by atoms with van der Waals surface area (Å²) in [5.41, 5.74) is 1.22. The van der Waals surface area contributed by atoms with E-state index in [1.54, 1.807) is 0 Å². The molecule has 1 aromatic rings. The zero-order chi connectivity index (χ0) is 21.1. The fourth-order valence-corrected chi connectivity index (χ4v) is 3.28. The van der Waals surface area contributed by atoms with Gasteiger partial charge in [0.2, 0.25) is 0 Å². The van der Waals surface area contributed by atoms with Gasteiger partial charge in [-0.2, -0.15) is 0 Å². The molecule has 0 radical (unpaired) electrons. The van der Waals surface area contributed by atoms with Crippen molar-refractivity contribution in [3.8, 4) is 5.75 Å². The number of aliphatic imine (C=N–C) groups is 1. The lowest BCUT2D eigenvalue weighted by atomic mass is 10.1. The van der Waals surface area contributed by atoms with Crippen LogP contribution in [0.4, 0.5) is 8.78 Å². The molecule has 8 heteroatoms. The minimum absolute atomic E-state index is 0. The monoisotopic (exact) mass is 538 g/mol. The van der Waals surface area contributed by atoms with Gasteiger partial charge in [-0.15, -0.1) is 24.0 Å². The van der Waals surface area contributed by atoms with Gasteiger partial charge < -0.3 is 15.4 Å². The first kappa shape index (κ1) is 26.9. The van der Waals surface area contributed by atoms with Crippen LogP contribution >= 0.6 is 24.0 Å². The van der Waals surface area contributed by atoms with E-state index in [-0.39, 0.29) is 36.6 Å². The Morgan fingerprint density at radius 1 is 1.20 bits per heavy atom. The predicted molar refractivity (Wildman–Crippen MR) is 130 cm³/mol. The first-order valence-electron chi connectivity index (χ1n) is 10.7. The van der Waals surface area contributed by atoms with Crippen LogP contribution in [0.2, 0.25) is 0 Å². The molecule has 2 N–H and O–H groups in total. The van der Waals surface area contributed by atoms with Gasteiger partial charge >= 0.3 is 0 Å². The Bertz CT molecular complexity index is 606. The van der Waals surface area contributed by atoms with E-state index >= 15 is 0 Å².